The molecule has 0 aromatic heterocycles. The Morgan fingerprint density at radius 2 is 1.08 bits per heavy atom. The van der Waals surface area contributed by atoms with Crippen LogP contribution in [0.1, 0.15) is 27.6 Å². The number of imide groups is 3. The van der Waals surface area contributed by atoms with Crippen LogP contribution in [0.4, 0.5) is 22.4 Å². The van der Waals surface area contributed by atoms with Crippen LogP contribution in [-0.4, -0.2) is 40.1 Å². The van der Waals surface area contributed by atoms with Crippen molar-refractivity contribution in [3.8, 4) is 0 Å². The monoisotopic (exact) mass is 359 g/mol. The predicted molar refractivity (Wildman–Crippen MR) is 66.9 cm³/mol. The van der Waals surface area contributed by atoms with Gasteiger partial charge in [0.1, 0.15) is 0 Å². The summed E-state index contributed by atoms with van der Waals surface area (Å²) in [6.07, 6.45) is 0. The van der Waals surface area contributed by atoms with Gasteiger partial charge in [0, 0.05) is 0 Å². The Morgan fingerprint density at radius 1 is 0.720 bits per heavy atom. The molecule has 1 fully saturated rings. The molecule has 6 amide bonds. The average molecular weight is 359 g/mol. The van der Waals surface area contributed by atoms with E-state index in [9.17, 15) is 41.5 Å². The topological polar surface area (TPSA) is 113 Å². The van der Waals surface area contributed by atoms with E-state index in [1.165, 1.54) is 0 Å². The van der Waals surface area contributed by atoms with Crippen molar-refractivity contribution in [3.63, 3.8) is 0 Å². The molecular weight excluding hydrogens is 354 g/mol. The van der Waals surface area contributed by atoms with Gasteiger partial charge in [-0.3, -0.25) is 29.8 Å². The molecule has 0 spiro atoms. The maximum atomic E-state index is 13.9. The van der Waals surface area contributed by atoms with Crippen LogP contribution in [-0.2, 0) is 9.59 Å². The van der Waals surface area contributed by atoms with Crippen LogP contribution >= 0.6 is 0 Å². The van der Waals surface area contributed by atoms with E-state index < -0.39 is 69.6 Å². The zero-order chi connectivity index (χ0) is 18.8. The molecule has 2 N–H and O–H groups in total. The van der Waals surface area contributed by atoms with Gasteiger partial charge in [-0.25, -0.2) is 27.3 Å². The molecule has 0 bridgehead atoms. The number of carbonyl (C=O) groups excluding carboxylic acids is 5. The summed E-state index contributed by atoms with van der Waals surface area (Å²) in [7, 11) is 0. The minimum Gasteiger partial charge on any atom is -0.275 e. The molecule has 1 aromatic carbocycles. The highest BCUT2D eigenvalue weighted by Crippen LogP contribution is 2.35. The third-order valence-electron chi connectivity index (χ3n) is 3.89. The SMILES string of the molecule is CC1(N2C(=O)c3c(F)c(F)c(F)c(F)c3C2=O)C(=O)NC(=O)NC1=O. The zero-order valence-electron chi connectivity index (χ0n) is 12.0. The summed E-state index contributed by atoms with van der Waals surface area (Å²) < 4.78 is 54.4. The summed E-state index contributed by atoms with van der Waals surface area (Å²) in [6, 6.07) is -1.25. The van der Waals surface area contributed by atoms with E-state index in [1.54, 1.807) is 10.6 Å². The molecule has 2 aliphatic rings. The highest BCUT2D eigenvalue weighted by Gasteiger charge is 2.60. The van der Waals surface area contributed by atoms with E-state index in [0.29, 0.717) is 6.92 Å². The average Bonchev–Trinajstić information content (AvgIpc) is 2.80. The van der Waals surface area contributed by atoms with Gasteiger partial charge in [0.15, 0.2) is 23.3 Å². The summed E-state index contributed by atoms with van der Waals surface area (Å²) in [6.45, 7) is 0.717. The fourth-order valence-electron chi connectivity index (χ4n) is 2.54. The molecule has 130 valence electrons. The highest BCUT2D eigenvalue weighted by molar-refractivity contribution is 6.31. The Labute approximate surface area is 134 Å². The van der Waals surface area contributed by atoms with Crippen LogP contribution in [0.2, 0.25) is 0 Å². The number of hydrogen-bond acceptors (Lipinski definition) is 5. The molecule has 25 heavy (non-hydrogen) atoms. The summed E-state index contributed by atoms with van der Waals surface area (Å²) in [5.41, 5.74) is -5.63. The number of benzene rings is 1. The Hall–Kier alpha value is -3.31. The number of rotatable bonds is 1. The first-order chi connectivity index (χ1) is 11.5. The first kappa shape index (κ1) is 16.5. The minimum absolute atomic E-state index is 0.167. The molecule has 0 radical (unpaired) electrons. The number of nitrogens with zero attached hydrogens (tertiary/aromatic N) is 1. The lowest BCUT2D eigenvalue weighted by molar-refractivity contribution is -0.142. The summed E-state index contributed by atoms with van der Waals surface area (Å²) in [4.78, 5) is 59.5. The van der Waals surface area contributed by atoms with Gasteiger partial charge in [-0.2, -0.15) is 0 Å². The number of urea groups is 1. The van der Waals surface area contributed by atoms with Crippen LogP contribution in [0.15, 0.2) is 0 Å². The number of fused-ring (bicyclic) bond motifs is 1. The normalized spacial score (nSPS) is 19.1. The second-order valence-corrected chi connectivity index (χ2v) is 5.26. The maximum absolute atomic E-state index is 13.9. The molecule has 12 heteroatoms. The second-order valence-electron chi connectivity index (χ2n) is 5.26. The van der Waals surface area contributed by atoms with E-state index in [4.69, 9.17) is 0 Å². The molecule has 2 aliphatic heterocycles. The van der Waals surface area contributed by atoms with Crippen molar-refractivity contribution in [3.05, 3.63) is 34.4 Å². The summed E-state index contributed by atoms with van der Waals surface area (Å²) >= 11 is 0. The van der Waals surface area contributed by atoms with Crippen molar-refractivity contribution in [1.29, 1.82) is 0 Å². The minimum atomic E-state index is -2.72. The predicted octanol–water partition coefficient (Wildman–Crippen LogP) is -0.0363. The van der Waals surface area contributed by atoms with Crippen LogP contribution < -0.4 is 10.6 Å². The number of halogens is 4. The quantitative estimate of drug-likeness (QED) is 0.240. The number of hydrogen-bond donors (Lipinski definition) is 2. The van der Waals surface area contributed by atoms with E-state index in [0.717, 1.165) is 0 Å². The third-order valence-corrected chi connectivity index (χ3v) is 3.89. The first-order valence-electron chi connectivity index (χ1n) is 6.45. The van der Waals surface area contributed by atoms with E-state index in [-0.39, 0.29) is 4.90 Å². The molecule has 0 atom stereocenters. The van der Waals surface area contributed by atoms with Gasteiger partial charge >= 0.3 is 6.03 Å². The fraction of sp³-hybridized carbons (Fsp3) is 0.154. The Bertz CT molecular complexity index is 862. The fourth-order valence-corrected chi connectivity index (χ4v) is 2.54. The molecule has 3 rings (SSSR count). The van der Waals surface area contributed by atoms with Crippen LogP contribution in [0.5, 0.6) is 0 Å². The Kier molecular flexibility index (Phi) is 3.21. The van der Waals surface area contributed by atoms with E-state index in [2.05, 4.69) is 0 Å². The molecule has 0 aliphatic carbocycles. The van der Waals surface area contributed by atoms with Gasteiger partial charge in [-0.1, -0.05) is 0 Å². The van der Waals surface area contributed by atoms with Crippen molar-refractivity contribution in [2.45, 2.75) is 12.5 Å². The summed E-state index contributed by atoms with van der Waals surface area (Å²) in [5.74, 6) is -15.3. The molecule has 1 aromatic rings. The van der Waals surface area contributed by atoms with E-state index in [1.807, 2.05) is 0 Å². The van der Waals surface area contributed by atoms with Gasteiger partial charge in [0.2, 0.25) is 5.54 Å². The number of barbiturate groups is 1. The molecule has 0 saturated carbocycles. The van der Waals surface area contributed by atoms with Crippen LogP contribution in [0.3, 0.4) is 0 Å². The molecular formula is C13H5F4N3O5. The molecule has 0 unspecified atom stereocenters. The zero-order valence-corrected chi connectivity index (χ0v) is 12.0. The van der Waals surface area contributed by atoms with Gasteiger partial charge < -0.3 is 0 Å². The van der Waals surface area contributed by atoms with Gasteiger partial charge in [0.25, 0.3) is 23.6 Å². The highest BCUT2D eigenvalue weighted by atomic mass is 19.2. The maximum Gasteiger partial charge on any atom is 0.328 e. The van der Waals surface area contributed by atoms with Crippen molar-refractivity contribution in [1.82, 2.24) is 15.5 Å². The van der Waals surface area contributed by atoms with E-state index >= 15 is 0 Å². The van der Waals surface area contributed by atoms with Gasteiger partial charge in [-0.15, -0.1) is 0 Å². The van der Waals surface area contributed by atoms with Crippen LogP contribution in [0, 0.1) is 23.3 Å². The second kappa shape index (κ2) is 4.84. The number of carbonyl (C=O) groups is 5. The number of amides is 6. The smallest absolute Gasteiger partial charge is 0.275 e. The largest absolute Gasteiger partial charge is 0.328 e. The Morgan fingerprint density at radius 3 is 1.44 bits per heavy atom. The molecule has 2 heterocycles. The lowest BCUT2D eigenvalue weighted by Gasteiger charge is -2.36. The Balaban J connectivity index is 2.24. The van der Waals surface area contributed by atoms with Crippen molar-refractivity contribution >= 4 is 29.7 Å². The number of nitrogens with one attached hydrogen (secondary N) is 2. The third kappa shape index (κ3) is 1.84. The summed E-state index contributed by atoms with van der Waals surface area (Å²) in [5, 5.41) is 3.21. The van der Waals surface area contributed by atoms with Gasteiger partial charge in [-0.05, 0) is 6.92 Å². The van der Waals surface area contributed by atoms with Gasteiger partial charge in [0.05, 0.1) is 11.1 Å². The lowest BCUT2D eigenvalue weighted by atomic mass is 9.95. The van der Waals surface area contributed by atoms with Crippen molar-refractivity contribution in [2.75, 3.05) is 0 Å². The molecule has 8 nitrogen and oxygen atoms in total. The van der Waals surface area contributed by atoms with Crippen molar-refractivity contribution in [2.24, 2.45) is 0 Å². The standard InChI is InChI=1S/C13H5F4N3O5/c1-13(10(23)18-12(25)19-11(13)24)20-8(21)2-3(9(20)22)5(15)7(17)6(16)4(2)14/h1H3,(H2,18,19,23,24,25). The van der Waals surface area contributed by atoms with Crippen molar-refractivity contribution < 1.29 is 41.5 Å². The lowest BCUT2D eigenvalue weighted by Crippen LogP contribution is -2.72. The first-order valence-corrected chi connectivity index (χ1v) is 6.45. The molecule has 1 saturated heterocycles. The van der Waals surface area contributed by atoms with Crippen LogP contribution in [0.25, 0.3) is 0 Å².